The predicted octanol–water partition coefficient (Wildman–Crippen LogP) is 15.1. The highest BCUT2D eigenvalue weighted by molar-refractivity contribution is 7.45. The van der Waals surface area contributed by atoms with Gasteiger partial charge in [-0.1, -0.05) is 192 Å². The molecule has 0 rings (SSSR count). The van der Waals surface area contributed by atoms with E-state index in [1.54, 1.807) is 0 Å². The van der Waals surface area contributed by atoms with Crippen LogP contribution < -0.4 is 10.2 Å². The number of rotatable bonds is 48. The number of unbranched alkanes of at least 4 members (excludes halogenated alkanes) is 13. The van der Waals surface area contributed by atoms with Gasteiger partial charge in [-0.05, 0) is 122 Å². The van der Waals surface area contributed by atoms with Gasteiger partial charge in [0, 0.05) is 6.42 Å². The van der Waals surface area contributed by atoms with E-state index in [4.69, 9.17) is 9.05 Å². The number of carbonyl (C=O) groups excluding carboxylic acids is 1. The Morgan fingerprint density at radius 1 is 0.535 bits per heavy atom. The third-order valence-electron chi connectivity index (χ3n) is 11.5. The number of nitrogens with zero attached hydrogens (tertiary/aromatic N) is 1. The Labute approximate surface area is 435 Å². The minimum absolute atomic E-state index is 0.0581. The monoisotopic (exact) mass is 1010 g/mol. The van der Waals surface area contributed by atoms with Crippen molar-refractivity contribution in [2.45, 2.75) is 205 Å². The van der Waals surface area contributed by atoms with Crippen LogP contribution in [0.4, 0.5) is 0 Å². The van der Waals surface area contributed by atoms with Gasteiger partial charge < -0.3 is 34.0 Å². The van der Waals surface area contributed by atoms with Crippen LogP contribution in [0.1, 0.15) is 187 Å². The molecule has 0 fully saturated rings. The van der Waals surface area contributed by atoms with Crippen molar-refractivity contribution < 1.29 is 38.0 Å². The number of hydrogen-bond acceptors (Lipinski definition) is 7. The van der Waals surface area contributed by atoms with Crippen LogP contribution in [0.15, 0.2) is 134 Å². The molecule has 404 valence electrons. The molecule has 0 bridgehead atoms. The zero-order valence-electron chi connectivity index (χ0n) is 45.5. The van der Waals surface area contributed by atoms with E-state index < -0.39 is 32.7 Å². The third-order valence-corrected chi connectivity index (χ3v) is 12.5. The van der Waals surface area contributed by atoms with Crippen molar-refractivity contribution in [3.63, 3.8) is 0 Å². The summed E-state index contributed by atoms with van der Waals surface area (Å²) < 4.78 is 23.2. The van der Waals surface area contributed by atoms with Crippen LogP contribution in [0.25, 0.3) is 0 Å². The summed E-state index contributed by atoms with van der Waals surface area (Å²) in [6.45, 7) is 4.05. The topological polar surface area (TPSA) is 128 Å². The second kappa shape index (κ2) is 50.1. The SMILES string of the molecule is C/C=C/CC/C=C/CC/C=C/CCCC(O)C(O)C(COP(=O)([O-])OCC[N+](C)(C)C)NC(=O)CCCCCCCCCCCC/C=C\C/C=C\C/C=C\C/C=C\C/C=C\C/C=C\C/C=C\C/C=C\CC. The molecule has 0 saturated carbocycles. The fraction of sp³-hybridized carbons (Fsp3) is 0.623. The number of allylic oxidation sites excluding steroid dienone is 22. The summed E-state index contributed by atoms with van der Waals surface area (Å²) in [5.41, 5.74) is 0. The minimum atomic E-state index is -4.69. The average Bonchev–Trinajstić information content (AvgIpc) is 3.33. The Balaban J connectivity index is 4.23. The first kappa shape index (κ1) is 67.6. The fourth-order valence-electron chi connectivity index (χ4n) is 7.19. The molecule has 10 heteroatoms. The fourth-order valence-corrected chi connectivity index (χ4v) is 7.91. The van der Waals surface area contributed by atoms with Crippen LogP contribution in [0.3, 0.4) is 0 Å². The van der Waals surface area contributed by atoms with E-state index in [9.17, 15) is 24.5 Å². The summed E-state index contributed by atoms with van der Waals surface area (Å²) in [6, 6.07) is -1.11. The van der Waals surface area contributed by atoms with Crippen molar-refractivity contribution in [3.8, 4) is 0 Å². The first-order valence-corrected chi connectivity index (χ1v) is 29.0. The quantitative estimate of drug-likeness (QED) is 0.0240. The zero-order chi connectivity index (χ0) is 52.2. The lowest BCUT2D eigenvalue weighted by Gasteiger charge is -2.31. The third kappa shape index (κ3) is 51.3. The molecule has 0 aromatic heterocycles. The Kier molecular flexibility index (Phi) is 47.7. The number of hydrogen-bond donors (Lipinski definition) is 3. The molecule has 0 radical (unpaired) electrons. The number of phosphoric acid groups is 1. The van der Waals surface area contributed by atoms with E-state index in [0.717, 1.165) is 109 Å². The molecule has 4 unspecified atom stereocenters. The molecule has 0 aromatic carbocycles. The second-order valence-electron chi connectivity index (χ2n) is 19.3. The molecule has 0 aliphatic carbocycles. The van der Waals surface area contributed by atoms with E-state index in [1.807, 2.05) is 28.1 Å². The average molecular weight is 1010 g/mol. The zero-order valence-corrected chi connectivity index (χ0v) is 46.4. The van der Waals surface area contributed by atoms with E-state index in [0.29, 0.717) is 30.3 Å². The van der Waals surface area contributed by atoms with Crippen LogP contribution in [-0.2, 0) is 18.4 Å². The highest BCUT2D eigenvalue weighted by atomic mass is 31.2. The number of nitrogens with one attached hydrogen (secondary N) is 1. The normalized spacial score (nSPS) is 15.4. The Morgan fingerprint density at radius 3 is 1.37 bits per heavy atom. The van der Waals surface area contributed by atoms with Gasteiger partial charge >= 0.3 is 0 Å². The van der Waals surface area contributed by atoms with Crippen molar-refractivity contribution in [2.24, 2.45) is 0 Å². The first-order valence-electron chi connectivity index (χ1n) is 27.6. The van der Waals surface area contributed by atoms with Crippen LogP contribution >= 0.6 is 7.82 Å². The lowest BCUT2D eigenvalue weighted by molar-refractivity contribution is -0.870. The van der Waals surface area contributed by atoms with Crippen molar-refractivity contribution in [1.82, 2.24) is 5.32 Å². The largest absolute Gasteiger partial charge is 0.756 e. The number of quaternary nitrogens is 1. The molecule has 9 nitrogen and oxygen atoms in total. The molecule has 0 spiro atoms. The molecule has 0 heterocycles. The number of likely N-dealkylation sites (N-methyl/N-ethyl adjacent to an activating group) is 1. The Morgan fingerprint density at radius 2 is 0.915 bits per heavy atom. The predicted molar refractivity (Wildman–Crippen MR) is 303 cm³/mol. The lowest BCUT2D eigenvalue weighted by Crippen LogP contribution is -2.51. The number of carbonyl (C=O) groups is 1. The van der Waals surface area contributed by atoms with Gasteiger partial charge in [0.1, 0.15) is 19.3 Å². The standard InChI is InChI=1S/C61H103N2O7P/c1-6-8-10-12-14-16-18-20-21-22-23-24-25-26-27-28-29-30-31-32-33-34-35-36-37-38-39-40-41-42-44-46-48-50-52-54-60(65)62-58(57-70-71(67,68)69-56-55-63(3,4)5)61(66)59(64)53-51-49-47-45-43-19-17-15-13-11-9-7-2/h7-10,14-17,20-21,23-24,26-27,29-30,32-33,35-36,45,47,58-59,61,64,66H,6,11-13,18-19,22,25,28,31,34,37-44,46,48-57H2,1-5H3,(H-,62,65,67,68)/b9-7+,10-8-,16-14-,17-15+,21-20-,24-23-,27-26-,30-29-,33-32-,36-35-,47-45+. The van der Waals surface area contributed by atoms with Gasteiger partial charge in [0.2, 0.25) is 5.91 Å². The summed E-state index contributed by atoms with van der Waals surface area (Å²) in [5, 5.41) is 24.6. The molecule has 0 aliphatic rings. The maximum absolute atomic E-state index is 13.0. The first-order chi connectivity index (χ1) is 34.4. The molecule has 4 atom stereocenters. The second-order valence-corrected chi connectivity index (χ2v) is 20.7. The van der Waals surface area contributed by atoms with E-state index in [-0.39, 0.29) is 18.9 Å². The summed E-state index contributed by atoms with van der Waals surface area (Å²) in [4.78, 5) is 25.5. The van der Waals surface area contributed by atoms with Crippen LogP contribution in [0.2, 0.25) is 0 Å². The summed E-state index contributed by atoms with van der Waals surface area (Å²) >= 11 is 0. The number of amides is 1. The Bertz CT molecular complexity index is 1630. The number of phosphoric ester groups is 1. The molecule has 0 aliphatic heterocycles. The molecule has 1 amide bonds. The molecule has 71 heavy (non-hydrogen) atoms. The van der Waals surface area contributed by atoms with E-state index >= 15 is 0 Å². The summed E-state index contributed by atoms with van der Waals surface area (Å²) in [6.07, 6.45) is 72.5. The lowest BCUT2D eigenvalue weighted by atomic mass is 10.0. The highest BCUT2D eigenvalue weighted by Gasteiger charge is 2.29. The van der Waals surface area contributed by atoms with Gasteiger partial charge in [0.25, 0.3) is 7.82 Å². The van der Waals surface area contributed by atoms with Crippen LogP contribution in [-0.4, -0.2) is 79.8 Å². The number of aliphatic hydroxyl groups is 2. The van der Waals surface area contributed by atoms with Crippen molar-refractivity contribution in [1.29, 1.82) is 0 Å². The molecule has 0 aromatic rings. The highest BCUT2D eigenvalue weighted by Crippen LogP contribution is 2.38. The minimum Gasteiger partial charge on any atom is -0.756 e. The van der Waals surface area contributed by atoms with Crippen molar-refractivity contribution in [2.75, 3.05) is 40.9 Å². The van der Waals surface area contributed by atoms with Crippen molar-refractivity contribution in [3.05, 3.63) is 134 Å². The maximum atomic E-state index is 13.0. The van der Waals surface area contributed by atoms with Crippen LogP contribution in [0.5, 0.6) is 0 Å². The molecular weight excluding hydrogens is 904 g/mol. The van der Waals surface area contributed by atoms with Gasteiger partial charge in [-0.2, -0.15) is 0 Å². The van der Waals surface area contributed by atoms with Gasteiger partial charge in [-0.15, -0.1) is 0 Å². The Hall–Kier alpha value is -3.40. The van der Waals surface area contributed by atoms with Gasteiger partial charge in [0.15, 0.2) is 0 Å². The van der Waals surface area contributed by atoms with Gasteiger partial charge in [0.05, 0.1) is 39.9 Å². The summed E-state index contributed by atoms with van der Waals surface area (Å²) in [7, 11) is 1.07. The molecule has 3 N–H and O–H groups in total. The molecule has 0 saturated heterocycles. The smallest absolute Gasteiger partial charge is 0.268 e. The maximum Gasteiger partial charge on any atom is 0.268 e. The van der Waals surface area contributed by atoms with Gasteiger partial charge in [-0.25, -0.2) is 0 Å². The van der Waals surface area contributed by atoms with E-state index in [2.05, 4.69) is 146 Å². The van der Waals surface area contributed by atoms with Crippen LogP contribution in [0, 0.1) is 0 Å². The molecular formula is C61H103N2O7P. The van der Waals surface area contributed by atoms with Gasteiger partial charge in [-0.3, -0.25) is 9.36 Å². The summed E-state index contributed by atoms with van der Waals surface area (Å²) in [5.74, 6) is -0.307. The number of aliphatic hydroxyl groups excluding tert-OH is 2. The van der Waals surface area contributed by atoms with E-state index in [1.165, 1.54) is 38.5 Å². The van der Waals surface area contributed by atoms with Crippen molar-refractivity contribution >= 4 is 13.7 Å².